The summed E-state index contributed by atoms with van der Waals surface area (Å²) in [6.07, 6.45) is -8.11. The average Bonchev–Trinajstić information content (AvgIpc) is 2.68. The summed E-state index contributed by atoms with van der Waals surface area (Å²) in [5.41, 5.74) is -2.42. The quantitative estimate of drug-likeness (QED) is 0.322. The van der Waals surface area contributed by atoms with Gasteiger partial charge in [0.05, 0.1) is 11.2 Å². The van der Waals surface area contributed by atoms with Crippen LogP contribution in [0.25, 0.3) is 0 Å². The third-order valence-corrected chi connectivity index (χ3v) is 3.88. The first-order valence-electron chi connectivity index (χ1n) is 8.37. The molecule has 0 unspecified atom stereocenters. The Morgan fingerprint density at radius 3 is 2.42 bits per heavy atom. The molecule has 0 atom stereocenters. The van der Waals surface area contributed by atoms with E-state index in [4.69, 9.17) is 16.3 Å². The minimum Gasteiger partial charge on any atom is -0.594 e. The lowest BCUT2D eigenvalue weighted by atomic mass is 10.2. The van der Waals surface area contributed by atoms with Gasteiger partial charge < -0.3 is 20.0 Å². The number of hydrogen-bond donors (Lipinski definition) is 1. The van der Waals surface area contributed by atoms with Gasteiger partial charge in [-0.2, -0.15) is 13.2 Å². The van der Waals surface area contributed by atoms with Gasteiger partial charge in [0.15, 0.2) is 5.69 Å². The molecule has 0 radical (unpaired) electrons. The van der Waals surface area contributed by atoms with Crippen LogP contribution in [0.1, 0.15) is 16.1 Å². The smallest absolute Gasteiger partial charge is 0.573 e. The van der Waals surface area contributed by atoms with Gasteiger partial charge in [0.1, 0.15) is 22.7 Å². The molecule has 174 valence electrons. The number of ether oxygens (including phenoxy) is 2. The number of nitrogens with zero attached hydrogens (tertiary/aromatic N) is 4. The van der Waals surface area contributed by atoms with Crippen molar-refractivity contribution in [1.29, 1.82) is 0 Å². The molecule has 2 heterocycles. The number of amides is 1. The number of halogens is 7. The fourth-order valence-corrected chi connectivity index (χ4v) is 2.48. The summed E-state index contributed by atoms with van der Waals surface area (Å²) in [7, 11) is 0. The van der Waals surface area contributed by atoms with Crippen molar-refractivity contribution in [3.05, 3.63) is 64.2 Å². The highest BCUT2D eigenvalue weighted by Gasteiger charge is 2.35. The van der Waals surface area contributed by atoms with E-state index >= 15 is 0 Å². The lowest BCUT2D eigenvalue weighted by Crippen LogP contribution is -2.30. The van der Waals surface area contributed by atoms with E-state index in [0.717, 1.165) is 30.6 Å². The highest BCUT2D eigenvalue weighted by molar-refractivity contribution is 6.32. The van der Waals surface area contributed by atoms with Crippen LogP contribution in [0.4, 0.5) is 32.0 Å². The molecule has 0 bridgehead atoms. The van der Waals surface area contributed by atoms with E-state index < -0.39 is 46.4 Å². The molecular weight excluding hydrogens is 488 g/mol. The summed E-state index contributed by atoms with van der Waals surface area (Å²) in [5, 5.41) is 22.4. The molecule has 0 aliphatic heterocycles. The summed E-state index contributed by atoms with van der Waals surface area (Å²) in [6.45, 7) is 0. The van der Waals surface area contributed by atoms with Gasteiger partial charge in [-0.3, -0.25) is 4.79 Å². The lowest BCUT2D eigenvalue weighted by molar-refractivity contribution is -0.668. The van der Waals surface area contributed by atoms with Gasteiger partial charge in [-0.05, 0) is 24.3 Å². The van der Waals surface area contributed by atoms with E-state index in [0.29, 0.717) is 6.07 Å². The van der Waals surface area contributed by atoms with Crippen molar-refractivity contribution in [2.75, 3.05) is 5.32 Å². The molecule has 2 aromatic heterocycles. The molecule has 0 aliphatic rings. The van der Waals surface area contributed by atoms with Crippen LogP contribution in [-0.4, -0.2) is 27.6 Å². The van der Waals surface area contributed by atoms with E-state index in [9.17, 15) is 36.3 Å². The summed E-state index contributed by atoms with van der Waals surface area (Å²) < 4.78 is 85.1. The van der Waals surface area contributed by atoms with Gasteiger partial charge in [-0.25, -0.2) is 0 Å². The van der Waals surface area contributed by atoms with Crippen LogP contribution in [0, 0.1) is 5.21 Å². The van der Waals surface area contributed by atoms with Gasteiger partial charge in [0.2, 0.25) is 6.20 Å². The molecule has 1 amide bonds. The van der Waals surface area contributed by atoms with Crippen molar-refractivity contribution in [2.45, 2.75) is 12.5 Å². The van der Waals surface area contributed by atoms with E-state index in [1.165, 1.54) is 6.07 Å². The predicted octanol–water partition coefficient (Wildman–Crippen LogP) is 4.12. The number of benzene rings is 1. The molecule has 0 spiro atoms. The molecule has 9 nitrogen and oxygen atoms in total. The van der Waals surface area contributed by atoms with Gasteiger partial charge >= 0.3 is 12.5 Å². The Bertz CT molecular complexity index is 1190. The third-order valence-electron chi connectivity index (χ3n) is 3.58. The standard InChI is InChI=1S/C17H8ClF6N5O4/c18-11-5-9(33-17(22,23)24)1-2-12(11)32-15-10(6-13(27-28-15)16(19,20)21)14(30)26-8-3-4-25-29(31)7-8/h1-7H,(H,26,30). The third kappa shape index (κ3) is 6.31. The number of aromatic nitrogens is 4. The number of anilines is 1. The molecule has 33 heavy (non-hydrogen) atoms. The zero-order valence-corrected chi connectivity index (χ0v) is 16.4. The monoisotopic (exact) mass is 495 g/mol. The van der Waals surface area contributed by atoms with Crippen molar-refractivity contribution in [2.24, 2.45) is 0 Å². The van der Waals surface area contributed by atoms with Crippen molar-refractivity contribution in [3.63, 3.8) is 0 Å². The largest absolute Gasteiger partial charge is 0.594 e. The van der Waals surface area contributed by atoms with Crippen molar-refractivity contribution in [3.8, 4) is 17.4 Å². The molecule has 0 aliphatic carbocycles. The summed E-state index contributed by atoms with van der Waals surface area (Å²) in [6, 6.07) is 3.97. The number of rotatable bonds is 5. The minimum absolute atomic E-state index is 0.0866. The SMILES string of the molecule is O=C(Nc1ccn[n+]([O-])c1)c1cc(C(F)(F)F)nnc1Oc1ccc(OC(F)(F)F)cc1Cl. The lowest BCUT2D eigenvalue weighted by Gasteiger charge is -2.14. The number of alkyl halides is 6. The zero-order valence-electron chi connectivity index (χ0n) is 15.6. The molecule has 1 aromatic carbocycles. The maximum Gasteiger partial charge on any atom is 0.573 e. The van der Waals surface area contributed by atoms with Crippen LogP contribution in [0.5, 0.6) is 17.4 Å². The number of carbonyl (C=O) groups excluding carboxylic acids is 1. The first-order chi connectivity index (χ1) is 15.3. The first kappa shape index (κ1) is 23.8. The summed E-state index contributed by atoms with van der Waals surface area (Å²) in [5.74, 6) is -2.99. The van der Waals surface area contributed by atoms with Gasteiger partial charge in [-0.1, -0.05) is 16.4 Å². The number of hydrogen-bond acceptors (Lipinski definition) is 7. The van der Waals surface area contributed by atoms with Crippen LogP contribution >= 0.6 is 11.6 Å². The maximum absolute atomic E-state index is 13.1. The molecule has 1 N–H and O–H groups in total. The topological polar surface area (TPSA) is 113 Å². The first-order valence-corrected chi connectivity index (χ1v) is 8.74. The second kappa shape index (κ2) is 8.93. The van der Waals surface area contributed by atoms with Gasteiger partial charge in [-0.15, -0.1) is 23.4 Å². The Morgan fingerprint density at radius 2 is 1.82 bits per heavy atom. The van der Waals surface area contributed by atoms with Crippen molar-refractivity contribution in [1.82, 2.24) is 15.3 Å². The summed E-state index contributed by atoms with van der Waals surface area (Å²) in [4.78, 5) is 12.7. The molecule has 3 rings (SSSR count). The van der Waals surface area contributed by atoms with Crippen LogP contribution in [0.3, 0.4) is 0 Å². The fraction of sp³-hybridized carbons (Fsp3) is 0.118. The highest BCUT2D eigenvalue weighted by Crippen LogP contribution is 2.36. The van der Waals surface area contributed by atoms with Crippen LogP contribution < -0.4 is 19.6 Å². The molecule has 0 fully saturated rings. The Morgan fingerprint density at radius 1 is 1.09 bits per heavy atom. The maximum atomic E-state index is 13.1. The van der Waals surface area contributed by atoms with Crippen LogP contribution in [0.2, 0.25) is 5.02 Å². The van der Waals surface area contributed by atoms with Crippen LogP contribution in [0.15, 0.2) is 42.7 Å². The number of nitrogens with one attached hydrogen (secondary N) is 1. The average molecular weight is 496 g/mol. The summed E-state index contributed by atoms with van der Waals surface area (Å²) >= 11 is 5.85. The Labute approximate surface area is 184 Å². The van der Waals surface area contributed by atoms with Crippen LogP contribution in [-0.2, 0) is 6.18 Å². The van der Waals surface area contributed by atoms with Gasteiger partial charge in [0.25, 0.3) is 11.8 Å². The van der Waals surface area contributed by atoms with Gasteiger partial charge in [0, 0.05) is 11.2 Å². The molecule has 0 saturated carbocycles. The van der Waals surface area contributed by atoms with E-state index in [1.54, 1.807) is 0 Å². The van der Waals surface area contributed by atoms with E-state index in [2.05, 4.69) is 25.3 Å². The highest BCUT2D eigenvalue weighted by atomic mass is 35.5. The minimum atomic E-state index is -4.99. The molecule has 3 aromatic rings. The van der Waals surface area contributed by atoms with Crippen molar-refractivity contribution >= 4 is 23.2 Å². The second-order valence-corrected chi connectivity index (χ2v) is 6.37. The molecular formula is C17H8ClF6N5O4. The predicted molar refractivity (Wildman–Crippen MR) is 96.4 cm³/mol. The Kier molecular flexibility index (Phi) is 6.44. The normalized spacial score (nSPS) is 11.7. The second-order valence-electron chi connectivity index (χ2n) is 5.96. The Hall–Kier alpha value is -3.88. The number of carbonyl (C=O) groups is 1. The molecule has 16 heteroatoms. The fourth-order valence-electron chi connectivity index (χ4n) is 2.27. The van der Waals surface area contributed by atoms with E-state index in [-0.39, 0.29) is 16.3 Å². The van der Waals surface area contributed by atoms with E-state index in [1.807, 2.05) is 0 Å². The van der Waals surface area contributed by atoms with Crippen molar-refractivity contribution < 1.29 is 45.5 Å². The molecule has 0 saturated heterocycles. The zero-order chi connectivity index (χ0) is 24.4. The Balaban J connectivity index is 1.95.